The fourth-order valence-corrected chi connectivity index (χ4v) is 1.82. The molecule has 1 aromatic rings. The molecule has 0 spiro atoms. The van der Waals surface area contributed by atoms with Crippen LogP contribution in [0.4, 0.5) is 0 Å². The highest BCUT2D eigenvalue weighted by atomic mass is 79.9. The van der Waals surface area contributed by atoms with E-state index in [0.29, 0.717) is 15.8 Å². The summed E-state index contributed by atoms with van der Waals surface area (Å²) in [5.74, 6) is 0.114. The molecule has 0 fully saturated rings. The number of hydrogen-bond acceptors (Lipinski definition) is 5. The van der Waals surface area contributed by atoms with Gasteiger partial charge in [0.2, 0.25) is 0 Å². The Kier molecular flexibility index (Phi) is 7.05. The number of esters is 1. The number of phenols is 1. The van der Waals surface area contributed by atoms with Gasteiger partial charge >= 0.3 is 5.97 Å². The normalized spacial score (nSPS) is 11.3. The van der Waals surface area contributed by atoms with Crippen molar-refractivity contribution in [1.29, 1.82) is 0 Å². The lowest BCUT2D eigenvalue weighted by Crippen LogP contribution is -2.16. The zero-order valence-electron chi connectivity index (χ0n) is 9.97. The van der Waals surface area contributed by atoms with E-state index in [2.05, 4.69) is 20.7 Å². The van der Waals surface area contributed by atoms with Crippen molar-refractivity contribution in [3.63, 3.8) is 0 Å². The number of ether oxygens (including phenoxy) is 2. The van der Waals surface area contributed by atoms with Crippen molar-refractivity contribution in [3.05, 3.63) is 22.2 Å². The summed E-state index contributed by atoms with van der Waals surface area (Å²) in [6.45, 7) is 0. The summed E-state index contributed by atoms with van der Waals surface area (Å²) in [6.07, 6.45) is -0.0103. The van der Waals surface area contributed by atoms with Gasteiger partial charge in [0, 0.05) is 11.6 Å². The van der Waals surface area contributed by atoms with Gasteiger partial charge in [-0.25, -0.2) is 0 Å². The van der Waals surface area contributed by atoms with E-state index in [4.69, 9.17) is 10.5 Å². The topological polar surface area (TPSA) is 81.8 Å². The molecule has 0 amide bonds. The maximum atomic E-state index is 11.1. The standard InChI is InChI=1S/C11H14BrNO4.ClH/c1-16-6-3-7(11(15)8(12)4-6)9(13)5-10(14)17-2;/h3-4,9,15H,5,13H2,1-2H3;1H/t9-;/m1./s1. The molecule has 0 aromatic heterocycles. The van der Waals surface area contributed by atoms with Crippen LogP contribution in [0, 0.1) is 0 Å². The van der Waals surface area contributed by atoms with E-state index in [-0.39, 0.29) is 24.6 Å². The molecule has 0 saturated heterocycles. The van der Waals surface area contributed by atoms with E-state index < -0.39 is 12.0 Å². The van der Waals surface area contributed by atoms with Crippen LogP contribution in [0.3, 0.4) is 0 Å². The van der Waals surface area contributed by atoms with Crippen LogP contribution in [0.1, 0.15) is 18.0 Å². The molecule has 0 heterocycles. The second-order valence-electron chi connectivity index (χ2n) is 3.43. The first-order valence-corrected chi connectivity index (χ1v) is 5.67. The van der Waals surface area contributed by atoms with Crippen molar-refractivity contribution in [2.24, 2.45) is 5.73 Å². The first-order chi connectivity index (χ1) is 7.99. The van der Waals surface area contributed by atoms with Crippen molar-refractivity contribution >= 4 is 34.3 Å². The van der Waals surface area contributed by atoms with Crippen LogP contribution in [-0.4, -0.2) is 25.3 Å². The lowest BCUT2D eigenvalue weighted by molar-refractivity contribution is -0.141. The Balaban J connectivity index is 0.00000289. The number of carbonyl (C=O) groups excluding carboxylic acids is 1. The molecule has 0 aliphatic heterocycles. The Bertz CT molecular complexity index is 428. The number of carbonyl (C=O) groups is 1. The third kappa shape index (κ3) is 4.04. The summed E-state index contributed by atoms with van der Waals surface area (Å²) in [5.41, 5.74) is 6.26. The summed E-state index contributed by atoms with van der Waals surface area (Å²) < 4.78 is 10.0. The molecule has 1 aromatic carbocycles. The fourth-order valence-electron chi connectivity index (χ4n) is 1.37. The molecule has 0 radical (unpaired) electrons. The van der Waals surface area contributed by atoms with E-state index in [9.17, 15) is 9.90 Å². The Labute approximate surface area is 120 Å². The van der Waals surface area contributed by atoms with Crippen LogP contribution in [0.25, 0.3) is 0 Å². The van der Waals surface area contributed by atoms with Crippen LogP contribution in [0.15, 0.2) is 16.6 Å². The van der Waals surface area contributed by atoms with Gasteiger partial charge in [-0.1, -0.05) is 0 Å². The summed E-state index contributed by atoms with van der Waals surface area (Å²) in [7, 11) is 2.80. The molecule has 0 unspecified atom stereocenters. The molecule has 0 aliphatic carbocycles. The van der Waals surface area contributed by atoms with Crippen LogP contribution in [-0.2, 0) is 9.53 Å². The maximum absolute atomic E-state index is 11.1. The molecular formula is C11H15BrClNO4. The van der Waals surface area contributed by atoms with E-state index in [1.54, 1.807) is 12.1 Å². The van der Waals surface area contributed by atoms with Crippen LogP contribution < -0.4 is 10.5 Å². The van der Waals surface area contributed by atoms with Gasteiger partial charge in [0.15, 0.2) is 0 Å². The number of rotatable bonds is 4. The monoisotopic (exact) mass is 339 g/mol. The minimum absolute atomic E-state index is 0. The lowest BCUT2D eigenvalue weighted by Gasteiger charge is -2.15. The third-order valence-electron chi connectivity index (χ3n) is 2.32. The van der Waals surface area contributed by atoms with E-state index in [0.717, 1.165) is 0 Å². The zero-order chi connectivity index (χ0) is 13.0. The van der Waals surface area contributed by atoms with Crippen LogP contribution >= 0.6 is 28.3 Å². The largest absolute Gasteiger partial charge is 0.506 e. The molecule has 0 bridgehead atoms. The molecule has 0 saturated carbocycles. The predicted octanol–water partition coefficient (Wildman–Crippen LogP) is 2.15. The SMILES string of the molecule is COC(=O)C[C@@H](N)c1cc(OC)cc(Br)c1O.Cl. The molecule has 1 atom stereocenters. The molecule has 18 heavy (non-hydrogen) atoms. The van der Waals surface area contributed by atoms with Gasteiger partial charge in [0.1, 0.15) is 11.5 Å². The molecule has 102 valence electrons. The fraction of sp³-hybridized carbons (Fsp3) is 0.364. The molecule has 7 heteroatoms. The first-order valence-electron chi connectivity index (χ1n) is 4.88. The second-order valence-corrected chi connectivity index (χ2v) is 4.29. The van der Waals surface area contributed by atoms with E-state index in [1.807, 2.05) is 0 Å². The average Bonchev–Trinajstić information content (AvgIpc) is 2.31. The summed E-state index contributed by atoms with van der Waals surface area (Å²) >= 11 is 3.19. The Morgan fingerprint density at radius 3 is 2.61 bits per heavy atom. The van der Waals surface area contributed by atoms with Gasteiger partial charge < -0.3 is 20.3 Å². The highest BCUT2D eigenvalue weighted by molar-refractivity contribution is 9.10. The summed E-state index contributed by atoms with van der Waals surface area (Å²) in [6, 6.07) is 2.56. The minimum Gasteiger partial charge on any atom is -0.506 e. The number of halogens is 2. The number of methoxy groups -OCH3 is 2. The third-order valence-corrected chi connectivity index (χ3v) is 2.92. The maximum Gasteiger partial charge on any atom is 0.307 e. The van der Waals surface area contributed by atoms with Gasteiger partial charge in [-0.2, -0.15) is 0 Å². The van der Waals surface area contributed by atoms with Crippen molar-refractivity contribution < 1.29 is 19.4 Å². The Hall–Kier alpha value is -0.980. The molecular weight excluding hydrogens is 325 g/mol. The lowest BCUT2D eigenvalue weighted by atomic mass is 10.0. The molecule has 0 aliphatic rings. The van der Waals surface area contributed by atoms with Gasteiger partial charge in [-0.15, -0.1) is 12.4 Å². The number of benzene rings is 1. The van der Waals surface area contributed by atoms with Crippen LogP contribution in [0.5, 0.6) is 11.5 Å². The van der Waals surface area contributed by atoms with Crippen molar-refractivity contribution in [1.82, 2.24) is 0 Å². The summed E-state index contributed by atoms with van der Waals surface area (Å²) in [4.78, 5) is 11.1. The molecule has 3 N–H and O–H groups in total. The zero-order valence-corrected chi connectivity index (χ0v) is 12.4. The van der Waals surface area contributed by atoms with Crippen LogP contribution in [0.2, 0.25) is 0 Å². The van der Waals surface area contributed by atoms with Gasteiger partial charge in [0.25, 0.3) is 0 Å². The van der Waals surface area contributed by atoms with Gasteiger partial charge in [0.05, 0.1) is 25.1 Å². The number of nitrogens with two attached hydrogens (primary N) is 1. The molecule has 1 rings (SSSR count). The Morgan fingerprint density at radius 1 is 1.50 bits per heavy atom. The first kappa shape index (κ1) is 17.0. The van der Waals surface area contributed by atoms with E-state index >= 15 is 0 Å². The van der Waals surface area contributed by atoms with E-state index in [1.165, 1.54) is 14.2 Å². The number of aromatic hydroxyl groups is 1. The van der Waals surface area contributed by atoms with Crippen molar-refractivity contribution in [3.8, 4) is 11.5 Å². The number of hydrogen-bond donors (Lipinski definition) is 2. The highest BCUT2D eigenvalue weighted by Crippen LogP contribution is 2.36. The Morgan fingerprint density at radius 2 is 2.11 bits per heavy atom. The average molecular weight is 341 g/mol. The second kappa shape index (κ2) is 7.45. The number of phenolic OH excluding ortho intramolecular Hbond substituents is 1. The quantitative estimate of drug-likeness (QED) is 0.821. The van der Waals surface area contributed by atoms with Crippen molar-refractivity contribution in [2.75, 3.05) is 14.2 Å². The highest BCUT2D eigenvalue weighted by Gasteiger charge is 2.18. The predicted molar refractivity (Wildman–Crippen MR) is 73.2 cm³/mol. The smallest absolute Gasteiger partial charge is 0.307 e. The van der Waals surface area contributed by atoms with Crippen molar-refractivity contribution in [2.45, 2.75) is 12.5 Å². The minimum atomic E-state index is -0.645. The van der Waals surface area contributed by atoms with Gasteiger partial charge in [-0.05, 0) is 28.1 Å². The van der Waals surface area contributed by atoms with Gasteiger partial charge in [-0.3, -0.25) is 4.79 Å². The summed E-state index contributed by atoms with van der Waals surface area (Å²) in [5, 5.41) is 9.84. The molecule has 5 nitrogen and oxygen atoms in total.